The highest BCUT2D eigenvalue weighted by Crippen LogP contribution is 2.27. The van der Waals surface area contributed by atoms with Gasteiger partial charge in [0.15, 0.2) is 0 Å². The fraction of sp³-hybridized carbons (Fsp3) is 0.263. The molecule has 2 unspecified atom stereocenters. The number of hydrogen-bond acceptors (Lipinski definition) is 5. The quantitative estimate of drug-likeness (QED) is 0.530. The zero-order valence-electron chi connectivity index (χ0n) is 14.6. The molecular weight excluding hydrogens is 393 g/mol. The van der Waals surface area contributed by atoms with Crippen LogP contribution in [0.15, 0.2) is 42.5 Å². The molecule has 0 heterocycles. The molecule has 2 atom stereocenters. The second-order valence-corrected chi connectivity index (χ2v) is 6.36. The number of carboxylic acids is 1. The van der Waals surface area contributed by atoms with E-state index in [9.17, 15) is 24.2 Å². The van der Waals surface area contributed by atoms with Crippen LogP contribution in [0.3, 0.4) is 0 Å². The minimum absolute atomic E-state index is 0.0333. The summed E-state index contributed by atoms with van der Waals surface area (Å²) in [5.74, 6) is -2.42. The van der Waals surface area contributed by atoms with Crippen LogP contribution in [0.4, 0.5) is 9.18 Å². The van der Waals surface area contributed by atoms with Gasteiger partial charge in [-0.25, -0.2) is 14.0 Å². The molecule has 0 aromatic heterocycles. The summed E-state index contributed by atoms with van der Waals surface area (Å²) in [7, 11) is 0. The number of carbonyl (C=O) groups is 2. The number of nitrogens with one attached hydrogen (secondary N) is 1. The van der Waals surface area contributed by atoms with Crippen molar-refractivity contribution in [2.45, 2.75) is 25.2 Å². The van der Waals surface area contributed by atoms with Gasteiger partial charge >= 0.3 is 12.1 Å². The smallest absolute Gasteiger partial charge is 0.407 e. The third-order valence-corrected chi connectivity index (χ3v) is 4.23. The van der Waals surface area contributed by atoms with Crippen molar-refractivity contribution < 1.29 is 34.0 Å². The second kappa shape index (κ2) is 10.0. The average Bonchev–Trinajstić information content (AvgIpc) is 2.67. The highest BCUT2D eigenvalue weighted by molar-refractivity contribution is 6.33. The molecule has 0 saturated heterocycles. The Balaban J connectivity index is 1.84. The standard InChI is InChI=1S/C19H19ClFNO6/c20-14-8-13(15(21)9-12(14)18(25)26)17(24)16(23)6-7-22-19(27)28-10-11-4-2-1-3-5-11/h1-5,8-9,16-17,23-24H,6-7,10H2,(H,22,27)(H,25,26). The summed E-state index contributed by atoms with van der Waals surface area (Å²) in [5, 5.41) is 31.2. The molecule has 9 heteroatoms. The summed E-state index contributed by atoms with van der Waals surface area (Å²) in [5.41, 5.74) is 0.0202. The molecule has 2 aromatic rings. The van der Waals surface area contributed by atoms with E-state index in [4.69, 9.17) is 21.4 Å². The lowest BCUT2D eigenvalue weighted by molar-refractivity contribution is 0.0116. The Morgan fingerprint density at radius 1 is 1.18 bits per heavy atom. The van der Waals surface area contributed by atoms with Crippen molar-refractivity contribution in [2.24, 2.45) is 0 Å². The van der Waals surface area contributed by atoms with Crippen LogP contribution in [0.5, 0.6) is 0 Å². The van der Waals surface area contributed by atoms with Crippen LogP contribution in [0, 0.1) is 5.82 Å². The van der Waals surface area contributed by atoms with Gasteiger partial charge in [-0.05, 0) is 24.1 Å². The highest BCUT2D eigenvalue weighted by atomic mass is 35.5. The lowest BCUT2D eigenvalue weighted by Gasteiger charge is -2.19. The van der Waals surface area contributed by atoms with Crippen molar-refractivity contribution in [1.29, 1.82) is 0 Å². The van der Waals surface area contributed by atoms with E-state index in [0.29, 0.717) is 6.07 Å². The SMILES string of the molecule is O=C(NCCC(O)C(O)c1cc(Cl)c(C(=O)O)cc1F)OCc1ccccc1. The minimum Gasteiger partial charge on any atom is -0.478 e. The molecule has 4 N–H and O–H groups in total. The molecule has 0 aliphatic carbocycles. The number of amides is 1. The molecule has 28 heavy (non-hydrogen) atoms. The Kier molecular flexibility index (Phi) is 7.74. The van der Waals surface area contributed by atoms with Crippen molar-refractivity contribution in [3.8, 4) is 0 Å². The zero-order valence-corrected chi connectivity index (χ0v) is 15.4. The fourth-order valence-electron chi connectivity index (χ4n) is 2.41. The minimum atomic E-state index is -1.65. The van der Waals surface area contributed by atoms with Crippen molar-refractivity contribution >= 4 is 23.7 Å². The predicted octanol–water partition coefficient (Wildman–Crippen LogP) is 2.89. The molecule has 7 nitrogen and oxygen atoms in total. The summed E-state index contributed by atoms with van der Waals surface area (Å²) in [6.07, 6.45) is -3.87. The topological polar surface area (TPSA) is 116 Å². The molecule has 0 radical (unpaired) electrons. The summed E-state index contributed by atoms with van der Waals surface area (Å²) in [4.78, 5) is 22.6. The first-order valence-corrected chi connectivity index (χ1v) is 8.70. The molecule has 150 valence electrons. The Labute approximate surface area is 165 Å². The van der Waals surface area contributed by atoms with Gasteiger partial charge in [-0.15, -0.1) is 0 Å². The third kappa shape index (κ3) is 5.91. The summed E-state index contributed by atoms with van der Waals surface area (Å²) in [6.45, 7) is 0.0475. The van der Waals surface area contributed by atoms with Gasteiger partial charge in [0.2, 0.25) is 0 Å². The Hall–Kier alpha value is -2.68. The van der Waals surface area contributed by atoms with E-state index in [2.05, 4.69) is 5.32 Å². The number of aliphatic hydroxyl groups excluding tert-OH is 2. The number of carbonyl (C=O) groups excluding carboxylic acids is 1. The van der Waals surface area contributed by atoms with Crippen LogP contribution in [0.25, 0.3) is 0 Å². The number of benzene rings is 2. The average molecular weight is 412 g/mol. The van der Waals surface area contributed by atoms with Gasteiger partial charge in [0.1, 0.15) is 18.5 Å². The molecule has 2 aromatic carbocycles. The number of aliphatic hydroxyl groups is 2. The van der Waals surface area contributed by atoms with E-state index in [-0.39, 0.29) is 30.2 Å². The molecular formula is C19H19ClFNO6. The number of carboxylic acid groups (broad SMARTS) is 1. The third-order valence-electron chi connectivity index (χ3n) is 3.92. The largest absolute Gasteiger partial charge is 0.478 e. The predicted molar refractivity (Wildman–Crippen MR) is 98.6 cm³/mol. The van der Waals surface area contributed by atoms with E-state index in [1.807, 2.05) is 18.2 Å². The summed E-state index contributed by atoms with van der Waals surface area (Å²) >= 11 is 5.76. The van der Waals surface area contributed by atoms with Gasteiger partial charge in [0, 0.05) is 12.1 Å². The van der Waals surface area contributed by atoms with Gasteiger partial charge in [0.05, 0.1) is 16.7 Å². The molecule has 0 aliphatic rings. The first kappa shape index (κ1) is 21.6. The second-order valence-electron chi connectivity index (χ2n) is 5.95. The number of ether oxygens (including phenoxy) is 1. The Bertz CT molecular complexity index is 833. The van der Waals surface area contributed by atoms with Crippen molar-refractivity contribution in [1.82, 2.24) is 5.32 Å². The van der Waals surface area contributed by atoms with Gasteiger partial charge in [-0.1, -0.05) is 41.9 Å². The first-order chi connectivity index (χ1) is 13.3. The van der Waals surface area contributed by atoms with Gasteiger partial charge in [0.25, 0.3) is 0 Å². The maximum atomic E-state index is 14.0. The molecule has 0 saturated carbocycles. The van der Waals surface area contributed by atoms with E-state index in [1.165, 1.54) is 0 Å². The maximum absolute atomic E-state index is 14.0. The molecule has 0 aliphatic heterocycles. The molecule has 1 amide bonds. The van der Waals surface area contributed by atoms with Crippen LogP contribution >= 0.6 is 11.6 Å². The lowest BCUT2D eigenvalue weighted by atomic mass is 10.00. The number of halogens is 2. The lowest BCUT2D eigenvalue weighted by Crippen LogP contribution is -2.30. The van der Waals surface area contributed by atoms with E-state index < -0.39 is 35.7 Å². The normalized spacial score (nSPS) is 12.9. The van der Waals surface area contributed by atoms with Crippen molar-refractivity contribution in [3.05, 3.63) is 70.0 Å². The fourth-order valence-corrected chi connectivity index (χ4v) is 2.67. The zero-order chi connectivity index (χ0) is 20.7. The van der Waals surface area contributed by atoms with E-state index in [1.54, 1.807) is 12.1 Å². The van der Waals surface area contributed by atoms with Crippen LogP contribution < -0.4 is 5.32 Å². The summed E-state index contributed by atoms with van der Waals surface area (Å²) in [6, 6.07) is 10.7. The highest BCUT2D eigenvalue weighted by Gasteiger charge is 2.24. The molecule has 0 spiro atoms. The summed E-state index contributed by atoms with van der Waals surface area (Å²) < 4.78 is 19.0. The Morgan fingerprint density at radius 2 is 1.86 bits per heavy atom. The van der Waals surface area contributed by atoms with Gasteiger partial charge < -0.3 is 25.4 Å². The Morgan fingerprint density at radius 3 is 2.50 bits per heavy atom. The van der Waals surface area contributed by atoms with Crippen molar-refractivity contribution in [3.63, 3.8) is 0 Å². The molecule has 2 rings (SSSR count). The molecule has 0 bridgehead atoms. The van der Waals surface area contributed by atoms with E-state index >= 15 is 0 Å². The van der Waals surface area contributed by atoms with Crippen LogP contribution in [0.2, 0.25) is 5.02 Å². The monoisotopic (exact) mass is 411 g/mol. The van der Waals surface area contributed by atoms with E-state index in [0.717, 1.165) is 11.6 Å². The number of alkyl carbamates (subject to hydrolysis) is 1. The molecule has 0 fully saturated rings. The first-order valence-electron chi connectivity index (χ1n) is 8.32. The van der Waals surface area contributed by atoms with Crippen LogP contribution in [-0.2, 0) is 11.3 Å². The van der Waals surface area contributed by atoms with Gasteiger partial charge in [-0.3, -0.25) is 0 Å². The van der Waals surface area contributed by atoms with Crippen molar-refractivity contribution in [2.75, 3.05) is 6.54 Å². The maximum Gasteiger partial charge on any atom is 0.407 e. The number of rotatable bonds is 8. The van der Waals surface area contributed by atoms with Crippen LogP contribution in [-0.4, -0.2) is 40.0 Å². The van der Waals surface area contributed by atoms with Gasteiger partial charge in [-0.2, -0.15) is 0 Å². The van der Waals surface area contributed by atoms with Crippen LogP contribution in [0.1, 0.15) is 34.0 Å². The number of aromatic carboxylic acids is 1. The number of hydrogen-bond donors (Lipinski definition) is 4.